The Morgan fingerprint density at radius 1 is 0.968 bits per heavy atom. The van der Waals surface area contributed by atoms with Crippen molar-refractivity contribution in [3.63, 3.8) is 0 Å². The third-order valence-electron chi connectivity index (χ3n) is 8.26. The number of hydrogen-bond acceptors (Lipinski definition) is 5. The first-order valence-corrected chi connectivity index (χ1v) is 12.1. The molecule has 0 radical (unpaired) electrons. The van der Waals surface area contributed by atoms with Crippen LogP contribution in [0.1, 0.15) is 50.2 Å². The molecule has 3 fully saturated rings. The van der Waals surface area contributed by atoms with Crippen LogP contribution in [0.2, 0.25) is 0 Å². The van der Waals surface area contributed by atoms with Crippen LogP contribution in [0.3, 0.4) is 0 Å². The minimum absolute atomic E-state index is 0.439. The summed E-state index contributed by atoms with van der Waals surface area (Å²) in [6, 6.07) is 9.19. The summed E-state index contributed by atoms with van der Waals surface area (Å²) in [6.45, 7) is 16.1. The summed E-state index contributed by atoms with van der Waals surface area (Å²) in [6.07, 6.45) is 7.88. The maximum Gasteiger partial charge on any atom is 0.118 e. The topological polar surface area (TPSA) is 35.8 Å². The van der Waals surface area contributed by atoms with Gasteiger partial charge in [0.25, 0.3) is 0 Å². The SMILES string of the molecule is Cc1ccc(CN2CCC[C@@]3(CC2)CN(Cc2cccnc2)CC32CN(C(C)C)C2)o1. The van der Waals surface area contributed by atoms with E-state index < -0.39 is 0 Å². The molecule has 2 spiro atoms. The van der Waals surface area contributed by atoms with Crippen molar-refractivity contribution in [2.75, 3.05) is 39.3 Å². The highest BCUT2D eigenvalue weighted by Crippen LogP contribution is 2.57. The van der Waals surface area contributed by atoms with Gasteiger partial charge < -0.3 is 4.42 Å². The summed E-state index contributed by atoms with van der Waals surface area (Å²) in [5.41, 5.74) is 2.24. The number of pyridine rings is 1. The summed E-state index contributed by atoms with van der Waals surface area (Å²) < 4.78 is 5.88. The van der Waals surface area contributed by atoms with E-state index in [1.165, 1.54) is 64.1 Å². The molecule has 0 unspecified atom stereocenters. The van der Waals surface area contributed by atoms with Crippen molar-refractivity contribution in [2.45, 2.75) is 59.2 Å². The van der Waals surface area contributed by atoms with Gasteiger partial charge in [-0.05, 0) is 82.3 Å². The van der Waals surface area contributed by atoms with Crippen molar-refractivity contribution in [2.24, 2.45) is 10.8 Å². The van der Waals surface area contributed by atoms with Crippen LogP contribution in [0.5, 0.6) is 0 Å². The standard InChI is InChI=1S/C26H38N4O/c1-21(2)30-19-26(20-30)18-29(15-23-6-4-11-27-14-23)17-25(26)9-5-12-28(13-10-25)16-24-8-7-22(3)31-24/h4,6-8,11,14,21H,5,9-10,12-13,15-20H2,1-3H3/t25-/m1/s1. The molecular weight excluding hydrogens is 384 g/mol. The first-order valence-electron chi connectivity index (χ1n) is 12.1. The molecule has 0 saturated carbocycles. The van der Waals surface area contributed by atoms with Crippen LogP contribution in [0.4, 0.5) is 0 Å². The average Bonchev–Trinajstić information content (AvgIpc) is 3.19. The Morgan fingerprint density at radius 2 is 1.81 bits per heavy atom. The zero-order chi connectivity index (χ0) is 21.5. The van der Waals surface area contributed by atoms with Gasteiger partial charge in [-0.25, -0.2) is 0 Å². The monoisotopic (exact) mass is 422 g/mol. The largest absolute Gasteiger partial charge is 0.465 e. The van der Waals surface area contributed by atoms with E-state index in [1.807, 2.05) is 19.3 Å². The molecule has 0 bridgehead atoms. The third kappa shape index (κ3) is 4.08. The predicted octanol–water partition coefficient (Wildman–Crippen LogP) is 4.18. The van der Waals surface area contributed by atoms with Gasteiger partial charge in [-0.1, -0.05) is 6.07 Å². The van der Waals surface area contributed by atoms with Gasteiger partial charge in [0.1, 0.15) is 11.5 Å². The van der Waals surface area contributed by atoms with Crippen LogP contribution in [0.25, 0.3) is 0 Å². The lowest BCUT2D eigenvalue weighted by molar-refractivity contribution is -0.0911. The molecule has 5 rings (SSSR count). The van der Waals surface area contributed by atoms with Gasteiger partial charge >= 0.3 is 0 Å². The first-order chi connectivity index (χ1) is 15.0. The molecule has 1 atom stereocenters. The van der Waals surface area contributed by atoms with E-state index in [1.54, 1.807) is 0 Å². The highest BCUT2D eigenvalue weighted by Gasteiger charge is 2.62. The second kappa shape index (κ2) is 8.34. The van der Waals surface area contributed by atoms with Gasteiger partial charge in [0.2, 0.25) is 0 Å². The van der Waals surface area contributed by atoms with Gasteiger partial charge in [0, 0.05) is 56.6 Å². The van der Waals surface area contributed by atoms with Gasteiger partial charge in [-0.15, -0.1) is 0 Å². The first kappa shape index (κ1) is 21.2. The molecule has 3 aliphatic heterocycles. The van der Waals surface area contributed by atoms with Crippen LogP contribution in [-0.4, -0.2) is 65.0 Å². The number of rotatable bonds is 5. The van der Waals surface area contributed by atoms with Crippen LogP contribution in [0.15, 0.2) is 41.1 Å². The molecule has 0 amide bonds. The predicted molar refractivity (Wildman–Crippen MR) is 124 cm³/mol. The normalized spacial score (nSPS) is 27.2. The van der Waals surface area contributed by atoms with E-state index in [9.17, 15) is 0 Å². The second-order valence-electron chi connectivity index (χ2n) is 10.7. The summed E-state index contributed by atoms with van der Waals surface area (Å²) in [5, 5.41) is 0. The molecule has 31 heavy (non-hydrogen) atoms. The van der Waals surface area contributed by atoms with Crippen molar-refractivity contribution in [1.29, 1.82) is 0 Å². The van der Waals surface area contributed by atoms with Gasteiger partial charge in [-0.3, -0.25) is 19.7 Å². The fourth-order valence-electron chi connectivity index (χ4n) is 6.53. The summed E-state index contributed by atoms with van der Waals surface area (Å²) >= 11 is 0. The molecule has 0 aliphatic carbocycles. The smallest absolute Gasteiger partial charge is 0.118 e. The average molecular weight is 423 g/mol. The lowest BCUT2D eigenvalue weighted by Gasteiger charge is -2.58. The second-order valence-corrected chi connectivity index (χ2v) is 10.7. The van der Waals surface area contributed by atoms with E-state index in [4.69, 9.17) is 4.42 Å². The van der Waals surface area contributed by atoms with Crippen molar-refractivity contribution in [3.05, 3.63) is 53.7 Å². The maximum absolute atomic E-state index is 5.88. The van der Waals surface area contributed by atoms with E-state index >= 15 is 0 Å². The maximum atomic E-state index is 5.88. The fraction of sp³-hybridized carbons (Fsp3) is 0.654. The Labute approximate surface area is 187 Å². The molecule has 5 heterocycles. The minimum Gasteiger partial charge on any atom is -0.465 e. The lowest BCUT2D eigenvalue weighted by Crippen LogP contribution is -2.65. The van der Waals surface area contributed by atoms with Crippen molar-refractivity contribution >= 4 is 0 Å². The molecule has 3 aliphatic rings. The number of aryl methyl sites for hydroxylation is 1. The number of furan rings is 1. The number of likely N-dealkylation sites (tertiary alicyclic amines) is 3. The third-order valence-corrected chi connectivity index (χ3v) is 8.26. The molecule has 5 nitrogen and oxygen atoms in total. The molecule has 2 aromatic rings. The van der Waals surface area contributed by atoms with Crippen molar-refractivity contribution in [3.8, 4) is 0 Å². The highest BCUT2D eigenvalue weighted by molar-refractivity contribution is 5.17. The van der Waals surface area contributed by atoms with Crippen molar-refractivity contribution < 1.29 is 4.42 Å². The molecule has 0 aromatic carbocycles. The Hall–Kier alpha value is -1.69. The minimum atomic E-state index is 0.439. The molecule has 0 N–H and O–H groups in total. The van der Waals surface area contributed by atoms with Crippen molar-refractivity contribution in [1.82, 2.24) is 19.7 Å². The number of fused-ring (bicyclic) bond motifs is 1. The summed E-state index contributed by atoms with van der Waals surface area (Å²) in [7, 11) is 0. The van der Waals surface area contributed by atoms with Crippen LogP contribution in [0, 0.1) is 17.8 Å². The lowest BCUT2D eigenvalue weighted by atomic mass is 9.57. The number of nitrogens with zero attached hydrogens (tertiary/aromatic N) is 4. The van der Waals surface area contributed by atoms with Crippen LogP contribution in [-0.2, 0) is 13.1 Å². The Balaban J connectivity index is 1.32. The van der Waals surface area contributed by atoms with E-state index in [0.29, 0.717) is 16.9 Å². The zero-order valence-corrected chi connectivity index (χ0v) is 19.5. The Kier molecular flexibility index (Phi) is 5.70. The number of hydrogen-bond donors (Lipinski definition) is 0. The fourth-order valence-corrected chi connectivity index (χ4v) is 6.53. The highest BCUT2D eigenvalue weighted by atomic mass is 16.3. The zero-order valence-electron chi connectivity index (χ0n) is 19.5. The number of aromatic nitrogens is 1. The van der Waals surface area contributed by atoms with Gasteiger partial charge in [0.05, 0.1) is 6.54 Å². The molecule has 5 heteroatoms. The molecule has 168 valence electrons. The summed E-state index contributed by atoms with van der Waals surface area (Å²) in [5.74, 6) is 2.13. The molecule has 3 saturated heterocycles. The van der Waals surface area contributed by atoms with E-state index in [0.717, 1.165) is 24.6 Å². The summed E-state index contributed by atoms with van der Waals surface area (Å²) in [4.78, 5) is 12.4. The quantitative estimate of drug-likeness (QED) is 0.722. The Morgan fingerprint density at radius 3 is 2.52 bits per heavy atom. The molecular formula is C26H38N4O. The van der Waals surface area contributed by atoms with Gasteiger partial charge in [0.15, 0.2) is 0 Å². The van der Waals surface area contributed by atoms with Gasteiger partial charge in [-0.2, -0.15) is 0 Å². The Bertz CT molecular complexity index is 873. The van der Waals surface area contributed by atoms with E-state index in [2.05, 4.69) is 57.8 Å². The molecule has 2 aromatic heterocycles. The van der Waals surface area contributed by atoms with E-state index in [-0.39, 0.29) is 0 Å². The van der Waals surface area contributed by atoms with Crippen LogP contribution >= 0.6 is 0 Å². The van der Waals surface area contributed by atoms with Crippen LogP contribution < -0.4 is 0 Å².